The highest BCUT2D eigenvalue weighted by molar-refractivity contribution is 6.26. The van der Waals surface area contributed by atoms with Crippen molar-refractivity contribution >= 4 is 71.0 Å². The molecule has 0 saturated heterocycles. The van der Waals surface area contributed by atoms with Gasteiger partial charge < -0.3 is 9.13 Å². The third-order valence-corrected chi connectivity index (χ3v) is 14.9. The maximum absolute atomic E-state index is 5.35. The van der Waals surface area contributed by atoms with Gasteiger partial charge in [0.15, 0.2) is 23.3 Å². The van der Waals surface area contributed by atoms with Crippen molar-refractivity contribution in [2.24, 2.45) is 0 Å². The van der Waals surface area contributed by atoms with E-state index >= 15 is 0 Å². The summed E-state index contributed by atoms with van der Waals surface area (Å²) in [7, 11) is 0. The van der Waals surface area contributed by atoms with Crippen LogP contribution in [0.1, 0.15) is 36.8 Å². The number of para-hydroxylation sites is 4. The van der Waals surface area contributed by atoms with E-state index in [-0.39, 0.29) is 5.92 Å². The Bertz CT molecular complexity index is 4570. The normalized spacial score (nSPS) is 14.6. The van der Waals surface area contributed by atoms with Crippen LogP contribution in [0.15, 0.2) is 231 Å². The predicted molar refractivity (Wildman–Crippen MR) is 305 cm³/mol. The topological polar surface area (TPSA) is 92.1 Å². The molecular formula is C66H45N9. The molecule has 2 aliphatic rings. The first-order valence-corrected chi connectivity index (χ1v) is 25.6. The van der Waals surface area contributed by atoms with Gasteiger partial charge in [0, 0.05) is 66.3 Å². The van der Waals surface area contributed by atoms with Crippen LogP contribution in [0.25, 0.3) is 122 Å². The van der Waals surface area contributed by atoms with Gasteiger partial charge in [-0.15, -0.1) is 0 Å². The zero-order valence-corrected chi connectivity index (χ0v) is 40.7. The van der Waals surface area contributed by atoms with E-state index in [1.165, 1.54) is 10.8 Å². The minimum absolute atomic E-state index is 0.00476. The molecule has 0 saturated carbocycles. The fourth-order valence-corrected chi connectivity index (χ4v) is 11.4. The van der Waals surface area contributed by atoms with Crippen LogP contribution in [0.4, 0.5) is 0 Å². The average Bonchev–Trinajstić information content (AvgIpc) is 4.24. The fraction of sp³-hybridized carbons (Fsp3) is 0.0606. The van der Waals surface area contributed by atoms with Crippen molar-refractivity contribution in [1.82, 2.24) is 43.6 Å². The molecular weight excluding hydrogens is 919 g/mol. The second-order valence-electron chi connectivity index (χ2n) is 19.3. The molecule has 75 heavy (non-hydrogen) atoms. The summed E-state index contributed by atoms with van der Waals surface area (Å²) in [5, 5.41) is 6.85. The van der Waals surface area contributed by atoms with E-state index < -0.39 is 0 Å². The van der Waals surface area contributed by atoms with E-state index in [4.69, 9.17) is 29.9 Å². The molecule has 1 unspecified atom stereocenters. The van der Waals surface area contributed by atoms with E-state index in [0.29, 0.717) is 29.2 Å². The van der Waals surface area contributed by atoms with Gasteiger partial charge in [0.2, 0.25) is 5.95 Å². The minimum Gasteiger partial charge on any atom is -0.309 e. The molecule has 9 nitrogen and oxygen atoms in total. The molecule has 1 atom stereocenters. The Hall–Kier alpha value is -9.86. The van der Waals surface area contributed by atoms with E-state index in [0.717, 1.165) is 113 Å². The monoisotopic (exact) mass is 963 g/mol. The Kier molecular flexibility index (Phi) is 9.94. The summed E-state index contributed by atoms with van der Waals surface area (Å²) in [4.78, 5) is 31.7. The number of hydrogen-bond donors (Lipinski definition) is 0. The highest BCUT2D eigenvalue weighted by Gasteiger charge is 2.25. The lowest BCUT2D eigenvalue weighted by Gasteiger charge is -2.15. The van der Waals surface area contributed by atoms with Crippen LogP contribution in [-0.4, -0.2) is 43.6 Å². The second-order valence-corrected chi connectivity index (χ2v) is 19.3. The van der Waals surface area contributed by atoms with Crippen LogP contribution >= 0.6 is 0 Å². The molecule has 0 spiro atoms. The summed E-state index contributed by atoms with van der Waals surface area (Å²) >= 11 is 0. The van der Waals surface area contributed by atoms with E-state index in [9.17, 15) is 0 Å². The van der Waals surface area contributed by atoms with Crippen LogP contribution in [0.5, 0.6) is 0 Å². The number of nitrogens with zero attached hydrogens (tertiary/aromatic N) is 9. The van der Waals surface area contributed by atoms with Crippen molar-refractivity contribution in [3.05, 3.63) is 242 Å². The predicted octanol–water partition coefficient (Wildman–Crippen LogP) is 15.7. The molecule has 0 bridgehead atoms. The number of fused-ring (bicyclic) bond motifs is 10. The fourth-order valence-electron chi connectivity index (χ4n) is 11.4. The smallest absolute Gasteiger partial charge is 0.238 e. The van der Waals surface area contributed by atoms with Crippen molar-refractivity contribution in [3.8, 4) is 51.5 Å². The highest BCUT2D eigenvalue weighted by Crippen LogP contribution is 2.43. The maximum atomic E-state index is 5.35. The van der Waals surface area contributed by atoms with E-state index in [2.05, 4.69) is 226 Å². The Morgan fingerprint density at radius 1 is 0.387 bits per heavy atom. The van der Waals surface area contributed by atoms with Crippen LogP contribution in [0, 0.1) is 0 Å². The number of rotatable bonds is 8. The van der Waals surface area contributed by atoms with Gasteiger partial charge >= 0.3 is 0 Å². The molecule has 5 heterocycles. The van der Waals surface area contributed by atoms with Gasteiger partial charge in [-0.05, 0) is 79.4 Å². The first-order chi connectivity index (χ1) is 37.2. The van der Waals surface area contributed by atoms with Crippen LogP contribution in [-0.2, 0) is 0 Å². The molecule has 0 fully saturated rings. The average molecular weight is 964 g/mol. The maximum Gasteiger partial charge on any atom is 0.238 e. The molecule has 0 amide bonds. The highest BCUT2D eigenvalue weighted by atomic mass is 15.2. The first kappa shape index (κ1) is 42.8. The lowest BCUT2D eigenvalue weighted by molar-refractivity contribution is 0.764. The number of benzene rings is 8. The molecule has 2 aliphatic carbocycles. The molecule has 354 valence electrons. The Balaban J connectivity index is 0.929. The number of aromatic nitrogens is 9. The van der Waals surface area contributed by atoms with Crippen LogP contribution in [0.3, 0.4) is 0 Å². The van der Waals surface area contributed by atoms with Gasteiger partial charge in [0.25, 0.3) is 0 Å². The summed E-state index contributed by atoms with van der Waals surface area (Å²) in [6.07, 6.45) is 17.6. The van der Waals surface area contributed by atoms with Crippen molar-refractivity contribution in [2.45, 2.75) is 25.2 Å². The molecule has 15 rings (SSSR count). The molecule has 0 N–H and O–H groups in total. The lowest BCUT2D eigenvalue weighted by Crippen LogP contribution is -2.08. The second kappa shape index (κ2) is 17.4. The zero-order chi connectivity index (χ0) is 49.4. The third-order valence-electron chi connectivity index (χ3n) is 14.9. The summed E-state index contributed by atoms with van der Waals surface area (Å²) in [6.45, 7) is 0. The molecule has 0 radical (unpaired) electrons. The summed E-state index contributed by atoms with van der Waals surface area (Å²) in [6, 6.07) is 66.4. The Morgan fingerprint density at radius 2 is 0.987 bits per heavy atom. The molecule has 5 aromatic heterocycles. The van der Waals surface area contributed by atoms with Crippen molar-refractivity contribution in [3.63, 3.8) is 0 Å². The summed E-state index contributed by atoms with van der Waals surface area (Å²) < 4.78 is 6.97. The van der Waals surface area contributed by atoms with Gasteiger partial charge in [-0.2, -0.15) is 9.97 Å². The van der Waals surface area contributed by atoms with Gasteiger partial charge in [-0.3, -0.25) is 4.57 Å². The van der Waals surface area contributed by atoms with Crippen molar-refractivity contribution < 1.29 is 0 Å². The zero-order valence-electron chi connectivity index (χ0n) is 40.7. The first-order valence-electron chi connectivity index (χ1n) is 25.6. The third kappa shape index (κ3) is 7.07. The molecule has 0 aliphatic heterocycles. The summed E-state index contributed by atoms with van der Waals surface area (Å²) in [5.74, 6) is 3.91. The van der Waals surface area contributed by atoms with E-state index in [1.807, 2.05) is 18.2 Å². The number of allylic oxidation sites excluding steroid dienone is 8. The van der Waals surface area contributed by atoms with Gasteiger partial charge in [-0.1, -0.05) is 176 Å². The Labute approximate surface area is 431 Å². The molecule has 13 aromatic rings. The van der Waals surface area contributed by atoms with Gasteiger partial charge in [0.1, 0.15) is 5.82 Å². The molecule has 9 heteroatoms. The largest absolute Gasteiger partial charge is 0.309 e. The SMILES string of the molecule is C1=CCCC(c2nc(-c3ccccc3)nc(-n3c4ccccc4c4ccc5c(c6ccccc6n5-c5cccc(-c6nc(-c7ccc8c9ccccc9n(-c9ccccc9)c8c7)nc(C7C=CC=CC7)n6)c5)c43)n2)=C1. The Morgan fingerprint density at radius 3 is 1.75 bits per heavy atom. The van der Waals surface area contributed by atoms with E-state index in [1.54, 1.807) is 0 Å². The van der Waals surface area contributed by atoms with Crippen LogP contribution < -0.4 is 0 Å². The lowest BCUT2D eigenvalue weighted by atomic mass is 10.00. The van der Waals surface area contributed by atoms with Gasteiger partial charge in [0.05, 0.1) is 33.1 Å². The standard InChI is InChI=1S/C66H45N9/c1-5-20-42(21-6-1)61-67-64(70-65(68-61)46-36-37-51-49-30-13-16-33-54(49)73(58(51)41-46)47-27-11-4-12-28-47)45-26-19-29-48(40-45)74-56-35-18-15-32-53(56)59-57(74)39-38-52-50-31-14-17-34-55(50)75(60(52)59)66-71-62(43-22-7-2-8-23-43)69-63(72-66)44-24-9-3-10-25-44/h1-9,11-20,22-24,26-42H,10,21,25H2. The minimum atomic E-state index is 0.00476. The van der Waals surface area contributed by atoms with Crippen molar-refractivity contribution in [1.29, 1.82) is 0 Å². The summed E-state index contributed by atoms with van der Waals surface area (Å²) in [5.41, 5.74) is 12.4. The number of hydrogen-bond acceptors (Lipinski definition) is 6. The quantitative estimate of drug-likeness (QED) is 0.151. The van der Waals surface area contributed by atoms with Crippen molar-refractivity contribution in [2.75, 3.05) is 0 Å². The van der Waals surface area contributed by atoms with Crippen LogP contribution in [0.2, 0.25) is 0 Å². The van der Waals surface area contributed by atoms with Gasteiger partial charge in [-0.25, -0.2) is 19.9 Å². The molecule has 8 aromatic carbocycles.